The predicted molar refractivity (Wildman–Crippen MR) is 108 cm³/mol. The minimum atomic E-state index is -4.38. The van der Waals surface area contributed by atoms with E-state index in [0.29, 0.717) is 25.1 Å². The lowest BCUT2D eigenvalue weighted by atomic mass is 10.1. The Morgan fingerprint density at radius 2 is 1.77 bits per heavy atom. The van der Waals surface area contributed by atoms with Gasteiger partial charge in [-0.25, -0.2) is 0 Å². The number of likely N-dealkylation sites (N-methyl/N-ethyl adjacent to an activating group) is 1. The molecule has 0 aliphatic carbocycles. The molecule has 0 saturated heterocycles. The van der Waals surface area contributed by atoms with Crippen molar-refractivity contribution in [3.63, 3.8) is 0 Å². The number of hydrogen-bond acceptors (Lipinski definition) is 4. The van der Waals surface area contributed by atoms with Gasteiger partial charge in [0.1, 0.15) is 6.61 Å². The SMILES string of the molecule is CN(CCCCCC(=O)Nc1ccc(C(F)(F)F)cc1)C1COc2ccccc2O1. The van der Waals surface area contributed by atoms with E-state index in [1.807, 2.05) is 31.3 Å². The molecule has 8 heteroatoms. The fourth-order valence-corrected chi connectivity index (χ4v) is 3.16. The van der Waals surface area contributed by atoms with Crippen LogP contribution in [0.4, 0.5) is 18.9 Å². The average molecular weight is 422 g/mol. The summed E-state index contributed by atoms with van der Waals surface area (Å²) in [4.78, 5) is 14.1. The van der Waals surface area contributed by atoms with Crippen LogP contribution in [-0.4, -0.2) is 37.2 Å². The van der Waals surface area contributed by atoms with E-state index in [9.17, 15) is 18.0 Å². The lowest BCUT2D eigenvalue weighted by Crippen LogP contribution is -2.43. The molecule has 1 aliphatic heterocycles. The number of anilines is 1. The number of para-hydroxylation sites is 2. The van der Waals surface area contributed by atoms with E-state index in [2.05, 4.69) is 10.2 Å². The molecular weight excluding hydrogens is 397 g/mol. The Labute approximate surface area is 173 Å². The van der Waals surface area contributed by atoms with Gasteiger partial charge in [0.2, 0.25) is 5.91 Å². The molecule has 3 rings (SSSR count). The van der Waals surface area contributed by atoms with Crippen LogP contribution in [0.2, 0.25) is 0 Å². The van der Waals surface area contributed by atoms with E-state index in [-0.39, 0.29) is 12.1 Å². The summed E-state index contributed by atoms with van der Waals surface area (Å²) in [5.41, 5.74) is -0.372. The Morgan fingerprint density at radius 1 is 1.07 bits per heavy atom. The molecule has 0 aromatic heterocycles. The number of nitrogens with one attached hydrogen (secondary N) is 1. The number of nitrogens with zero attached hydrogens (tertiary/aromatic N) is 1. The molecule has 0 bridgehead atoms. The number of unbranched alkanes of at least 4 members (excludes halogenated alkanes) is 2. The minimum Gasteiger partial charge on any atom is -0.484 e. The van der Waals surface area contributed by atoms with Gasteiger partial charge >= 0.3 is 6.18 Å². The number of alkyl halides is 3. The van der Waals surface area contributed by atoms with Gasteiger partial charge in [-0.2, -0.15) is 13.2 Å². The van der Waals surface area contributed by atoms with Crippen molar-refractivity contribution in [2.45, 2.75) is 38.1 Å². The second kappa shape index (κ2) is 9.84. The van der Waals surface area contributed by atoms with Gasteiger partial charge in [-0.3, -0.25) is 9.69 Å². The number of halogens is 3. The zero-order chi connectivity index (χ0) is 21.6. The third-order valence-corrected chi connectivity index (χ3v) is 4.90. The van der Waals surface area contributed by atoms with Gasteiger partial charge in [0.15, 0.2) is 17.7 Å². The van der Waals surface area contributed by atoms with E-state index in [1.54, 1.807) is 0 Å². The van der Waals surface area contributed by atoms with Crippen LogP contribution in [0.3, 0.4) is 0 Å². The number of ether oxygens (including phenoxy) is 2. The molecule has 30 heavy (non-hydrogen) atoms. The second-order valence-electron chi connectivity index (χ2n) is 7.24. The Kier molecular flexibility index (Phi) is 7.20. The van der Waals surface area contributed by atoms with Crippen molar-refractivity contribution in [3.05, 3.63) is 54.1 Å². The summed E-state index contributed by atoms with van der Waals surface area (Å²) in [6.07, 6.45) is -1.76. The highest BCUT2D eigenvalue weighted by atomic mass is 19.4. The summed E-state index contributed by atoms with van der Waals surface area (Å²) in [6.45, 7) is 1.26. The van der Waals surface area contributed by atoms with Crippen LogP contribution in [0.15, 0.2) is 48.5 Å². The smallest absolute Gasteiger partial charge is 0.416 e. The molecule has 1 unspecified atom stereocenters. The highest BCUT2D eigenvalue weighted by molar-refractivity contribution is 5.90. The summed E-state index contributed by atoms with van der Waals surface area (Å²) in [5.74, 6) is 1.28. The topological polar surface area (TPSA) is 50.8 Å². The van der Waals surface area contributed by atoms with Crippen molar-refractivity contribution >= 4 is 11.6 Å². The number of benzene rings is 2. The van der Waals surface area contributed by atoms with Crippen LogP contribution < -0.4 is 14.8 Å². The molecule has 5 nitrogen and oxygen atoms in total. The van der Waals surface area contributed by atoms with Gasteiger partial charge in [0, 0.05) is 18.7 Å². The number of hydrogen-bond donors (Lipinski definition) is 1. The number of amides is 1. The fraction of sp³-hybridized carbons (Fsp3) is 0.409. The van der Waals surface area contributed by atoms with Crippen molar-refractivity contribution in [1.29, 1.82) is 0 Å². The van der Waals surface area contributed by atoms with E-state index in [0.717, 1.165) is 43.0 Å². The number of fused-ring (bicyclic) bond motifs is 1. The zero-order valence-corrected chi connectivity index (χ0v) is 16.7. The fourth-order valence-electron chi connectivity index (χ4n) is 3.16. The number of carbonyl (C=O) groups excluding carboxylic acids is 1. The van der Waals surface area contributed by atoms with Gasteiger partial charge in [-0.1, -0.05) is 18.6 Å². The van der Waals surface area contributed by atoms with Crippen LogP contribution in [0, 0.1) is 0 Å². The third-order valence-electron chi connectivity index (χ3n) is 4.90. The largest absolute Gasteiger partial charge is 0.484 e. The normalized spacial score (nSPS) is 15.8. The van der Waals surface area contributed by atoms with Crippen LogP contribution in [0.25, 0.3) is 0 Å². The standard InChI is InChI=1S/C22H25F3N2O3/c1-27(21-15-29-18-7-4-5-8-19(18)30-21)14-6-2-3-9-20(28)26-17-12-10-16(11-13-17)22(23,24)25/h4-5,7-8,10-13,21H,2-3,6,9,14-15H2,1H3,(H,26,28). The molecule has 1 N–H and O–H groups in total. The first-order chi connectivity index (χ1) is 14.3. The van der Waals surface area contributed by atoms with Crippen molar-refractivity contribution in [3.8, 4) is 11.5 Å². The van der Waals surface area contributed by atoms with Gasteiger partial charge in [0.25, 0.3) is 0 Å². The lowest BCUT2D eigenvalue weighted by molar-refractivity contribution is -0.137. The molecule has 1 amide bonds. The quantitative estimate of drug-likeness (QED) is 0.613. The minimum absolute atomic E-state index is 0.150. The Bertz CT molecular complexity index is 840. The van der Waals surface area contributed by atoms with E-state index < -0.39 is 11.7 Å². The van der Waals surface area contributed by atoms with E-state index in [1.165, 1.54) is 12.1 Å². The summed E-state index contributed by atoms with van der Waals surface area (Å²) in [5, 5.41) is 2.63. The monoisotopic (exact) mass is 422 g/mol. The molecule has 1 atom stereocenters. The van der Waals surface area contributed by atoms with E-state index >= 15 is 0 Å². The molecule has 162 valence electrons. The highest BCUT2D eigenvalue weighted by Crippen LogP contribution is 2.31. The Balaban J connectivity index is 1.32. The highest BCUT2D eigenvalue weighted by Gasteiger charge is 2.30. The second-order valence-corrected chi connectivity index (χ2v) is 7.24. The molecule has 1 heterocycles. The maximum absolute atomic E-state index is 12.6. The zero-order valence-electron chi connectivity index (χ0n) is 16.7. The average Bonchev–Trinajstić information content (AvgIpc) is 2.72. The summed E-state index contributed by atoms with van der Waals surface area (Å²) < 4.78 is 49.3. The van der Waals surface area contributed by atoms with Crippen molar-refractivity contribution in [2.24, 2.45) is 0 Å². The summed E-state index contributed by atoms with van der Waals surface area (Å²) in [7, 11) is 1.97. The number of carbonyl (C=O) groups is 1. The molecule has 2 aromatic carbocycles. The van der Waals surface area contributed by atoms with E-state index in [4.69, 9.17) is 9.47 Å². The molecule has 2 aromatic rings. The molecule has 0 spiro atoms. The van der Waals surface area contributed by atoms with Crippen molar-refractivity contribution < 1.29 is 27.4 Å². The van der Waals surface area contributed by atoms with Crippen LogP contribution in [-0.2, 0) is 11.0 Å². The Morgan fingerprint density at radius 3 is 2.47 bits per heavy atom. The van der Waals surface area contributed by atoms with Crippen LogP contribution >= 0.6 is 0 Å². The lowest BCUT2D eigenvalue weighted by Gasteiger charge is -2.32. The maximum Gasteiger partial charge on any atom is 0.416 e. The summed E-state index contributed by atoms with van der Waals surface area (Å²) in [6, 6.07) is 12.0. The first-order valence-corrected chi connectivity index (χ1v) is 9.89. The summed E-state index contributed by atoms with van der Waals surface area (Å²) >= 11 is 0. The maximum atomic E-state index is 12.6. The van der Waals surface area contributed by atoms with Crippen molar-refractivity contribution in [1.82, 2.24) is 4.90 Å². The van der Waals surface area contributed by atoms with Crippen molar-refractivity contribution in [2.75, 3.05) is 25.5 Å². The molecule has 0 fully saturated rings. The van der Waals surface area contributed by atoms with Gasteiger partial charge < -0.3 is 14.8 Å². The molecular formula is C22H25F3N2O3. The number of rotatable bonds is 8. The van der Waals surface area contributed by atoms with Gasteiger partial charge in [-0.05, 0) is 56.3 Å². The van der Waals surface area contributed by atoms with Gasteiger partial charge in [-0.15, -0.1) is 0 Å². The van der Waals surface area contributed by atoms with Gasteiger partial charge in [0.05, 0.1) is 5.56 Å². The molecule has 0 saturated carbocycles. The predicted octanol–water partition coefficient (Wildman–Crippen LogP) is 4.93. The molecule has 1 aliphatic rings. The third kappa shape index (κ3) is 6.13. The first-order valence-electron chi connectivity index (χ1n) is 9.89. The molecule has 0 radical (unpaired) electrons. The first kappa shape index (κ1) is 22.0. The van der Waals surface area contributed by atoms with Crippen LogP contribution in [0.5, 0.6) is 11.5 Å². The Hall–Kier alpha value is -2.74. The van der Waals surface area contributed by atoms with Crippen LogP contribution in [0.1, 0.15) is 31.2 Å².